The number of ether oxygens (including phenoxy) is 1. The SMILES string of the molecule is Cc1ccc2cccc(Oc3ncnc(NNC(=O)c4ccccc4F)c3[N+](=O)[O-])c2n1. The van der Waals surface area contributed by atoms with Crippen LogP contribution in [0.3, 0.4) is 0 Å². The number of aromatic nitrogens is 3. The quantitative estimate of drug-likeness (QED) is 0.345. The van der Waals surface area contributed by atoms with E-state index in [0.717, 1.165) is 23.5 Å². The van der Waals surface area contributed by atoms with Crippen LogP contribution in [0.15, 0.2) is 60.9 Å². The first kappa shape index (κ1) is 20.6. The topological polar surface area (TPSA) is 132 Å². The molecule has 0 radical (unpaired) electrons. The van der Waals surface area contributed by atoms with Crippen molar-refractivity contribution in [3.8, 4) is 11.6 Å². The lowest BCUT2D eigenvalue weighted by Crippen LogP contribution is -2.31. The second kappa shape index (κ2) is 8.60. The van der Waals surface area contributed by atoms with Gasteiger partial charge in [0.15, 0.2) is 5.75 Å². The molecule has 0 saturated carbocycles. The second-order valence-electron chi connectivity index (χ2n) is 6.57. The molecule has 0 spiro atoms. The van der Waals surface area contributed by atoms with E-state index in [4.69, 9.17) is 4.74 Å². The van der Waals surface area contributed by atoms with E-state index in [-0.39, 0.29) is 23.0 Å². The third-order valence-corrected chi connectivity index (χ3v) is 4.41. The monoisotopic (exact) mass is 434 g/mol. The maximum Gasteiger partial charge on any atom is 0.374 e. The third kappa shape index (κ3) is 4.12. The summed E-state index contributed by atoms with van der Waals surface area (Å²) in [7, 11) is 0. The van der Waals surface area contributed by atoms with E-state index >= 15 is 0 Å². The average Bonchev–Trinajstić information content (AvgIpc) is 2.78. The highest BCUT2D eigenvalue weighted by Gasteiger charge is 2.26. The van der Waals surface area contributed by atoms with Crippen LogP contribution >= 0.6 is 0 Å². The minimum Gasteiger partial charge on any atom is -0.431 e. The number of aryl methyl sites for hydroxylation is 1. The number of nitrogens with zero attached hydrogens (tertiary/aromatic N) is 4. The number of halogens is 1. The summed E-state index contributed by atoms with van der Waals surface area (Å²) in [5.41, 5.74) is 4.90. The number of nitrogens with one attached hydrogen (secondary N) is 2. The molecule has 32 heavy (non-hydrogen) atoms. The Morgan fingerprint density at radius 1 is 1.09 bits per heavy atom. The number of benzene rings is 2. The number of hydrogen-bond acceptors (Lipinski definition) is 8. The zero-order chi connectivity index (χ0) is 22.7. The van der Waals surface area contributed by atoms with Crippen molar-refractivity contribution in [3.63, 3.8) is 0 Å². The van der Waals surface area contributed by atoms with Crippen molar-refractivity contribution in [1.82, 2.24) is 20.4 Å². The Hall–Kier alpha value is -4.67. The molecule has 0 bridgehead atoms. The summed E-state index contributed by atoms with van der Waals surface area (Å²) in [6, 6.07) is 14.1. The van der Waals surface area contributed by atoms with E-state index < -0.39 is 22.3 Å². The van der Waals surface area contributed by atoms with Crippen LogP contribution in [0.4, 0.5) is 15.9 Å². The van der Waals surface area contributed by atoms with Gasteiger partial charge >= 0.3 is 11.6 Å². The van der Waals surface area contributed by atoms with E-state index in [1.54, 1.807) is 12.1 Å². The summed E-state index contributed by atoms with van der Waals surface area (Å²) in [5.74, 6) is -2.02. The summed E-state index contributed by atoms with van der Waals surface area (Å²) in [4.78, 5) is 35.3. The van der Waals surface area contributed by atoms with E-state index in [2.05, 4.69) is 25.8 Å². The summed E-state index contributed by atoms with van der Waals surface area (Å²) in [6.45, 7) is 1.81. The first-order valence-corrected chi connectivity index (χ1v) is 9.28. The smallest absolute Gasteiger partial charge is 0.374 e. The third-order valence-electron chi connectivity index (χ3n) is 4.41. The number of para-hydroxylation sites is 1. The number of anilines is 1. The average molecular weight is 434 g/mol. The van der Waals surface area contributed by atoms with Gasteiger partial charge in [-0.3, -0.25) is 25.8 Å². The van der Waals surface area contributed by atoms with Gasteiger partial charge in [0.2, 0.25) is 5.82 Å². The summed E-state index contributed by atoms with van der Waals surface area (Å²) in [6.07, 6.45) is 1.03. The van der Waals surface area contributed by atoms with Gasteiger partial charge in [0, 0.05) is 11.1 Å². The van der Waals surface area contributed by atoms with Gasteiger partial charge in [-0.1, -0.05) is 30.3 Å². The highest BCUT2D eigenvalue weighted by atomic mass is 19.1. The van der Waals surface area contributed by atoms with Gasteiger partial charge < -0.3 is 4.74 Å². The molecule has 4 rings (SSSR count). The molecule has 0 fully saturated rings. The summed E-state index contributed by atoms with van der Waals surface area (Å²) >= 11 is 0. The molecule has 4 aromatic rings. The Kier molecular flexibility index (Phi) is 5.53. The highest BCUT2D eigenvalue weighted by molar-refractivity contribution is 5.95. The molecule has 10 nitrogen and oxygen atoms in total. The fourth-order valence-electron chi connectivity index (χ4n) is 2.93. The van der Waals surface area contributed by atoms with Crippen LogP contribution in [0, 0.1) is 22.9 Å². The lowest BCUT2D eigenvalue weighted by Gasteiger charge is -2.11. The molecule has 0 atom stereocenters. The second-order valence-corrected chi connectivity index (χ2v) is 6.57. The van der Waals surface area contributed by atoms with Crippen LogP contribution in [0.25, 0.3) is 10.9 Å². The molecule has 0 unspecified atom stereocenters. The molecule has 0 aliphatic heterocycles. The molecule has 0 aliphatic carbocycles. The summed E-state index contributed by atoms with van der Waals surface area (Å²) in [5, 5.41) is 12.5. The largest absolute Gasteiger partial charge is 0.431 e. The Labute approximate surface area is 180 Å². The number of hydrogen-bond donors (Lipinski definition) is 2. The van der Waals surface area contributed by atoms with Crippen LogP contribution in [-0.2, 0) is 0 Å². The molecule has 1 amide bonds. The molecule has 11 heteroatoms. The molecular weight excluding hydrogens is 419 g/mol. The number of amides is 1. The van der Waals surface area contributed by atoms with E-state index in [0.29, 0.717) is 5.52 Å². The number of rotatable bonds is 6. The Morgan fingerprint density at radius 3 is 2.69 bits per heavy atom. The first-order chi connectivity index (χ1) is 15.4. The number of fused-ring (bicyclic) bond motifs is 1. The zero-order valence-corrected chi connectivity index (χ0v) is 16.6. The minimum absolute atomic E-state index is 0.245. The number of carbonyl (C=O) groups is 1. The maximum absolute atomic E-state index is 13.8. The van der Waals surface area contributed by atoms with Crippen molar-refractivity contribution in [3.05, 3.63) is 88.1 Å². The molecule has 0 saturated heterocycles. The normalized spacial score (nSPS) is 10.6. The predicted molar refractivity (Wildman–Crippen MR) is 113 cm³/mol. The summed E-state index contributed by atoms with van der Waals surface area (Å²) < 4.78 is 19.5. The van der Waals surface area contributed by atoms with Crippen LogP contribution in [0.5, 0.6) is 11.6 Å². The maximum atomic E-state index is 13.8. The van der Waals surface area contributed by atoms with Gasteiger partial charge in [0.1, 0.15) is 17.7 Å². The molecule has 2 N–H and O–H groups in total. The fraction of sp³-hybridized carbons (Fsp3) is 0.0476. The van der Waals surface area contributed by atoms with E-state index in [1.807, 2.05) is 25.1 Å². The van der Waals surface area contributed by atoms with Gasteiger partial charge in [-0.15, -0.1) is 0 Å². The van der Waals surface area contributed by atoms with E-state index in [9.17, 15) is 19.3 Å². The van der Waals surface area contributed by atoms with Gasteiger partial charge in [-0.2, -0.15) is 4.98 Å². The molecular formula is C21H15FN6O4. The molecule has 2 aromatic heterocycles. The molecule has 2 aromatic carbocycles. The van der Waals surface area contributed by atoms with Gasteiger partial charge in [0.05, 0.1) is 10.5 Å². The lowest BCUT2D eigenvalue weighted by molar-refractivity contribution is -0.385. The van der Waals surface area contributed by atoms with Crippen molar-refractivity contribution < 1.29 is 18.8 Å². The standard InChI is InChI=1S/C21H15FN6O4/c1-12-9-10-13-5-4-8-16(17(13)25-12)32-21-18(28(30)31)19(23-11-24-21)26-27-20(29)14-6-2-3-7-15(14)22/h2-11H,1H3,(H,27,29)(H,23,24,26). The highest BCUT2D eigenvalue weighted by Crippen LogP contribution is 2.36. The predicted octanol–water partition coefficient (Wildman–Crippen LogP) is 3.93. The number of nitro groups is 1. The van der Waals surface area contributed by atoms with Crippen LogP contribution in [0.2, 0.25) is 0 Å². The van der Waals surface area contributed by atoms with Crippen molar-refractivity contribution in [2.75, 3.05) is 5.43 Å². The molecule has 2 heterocycles. The number of pyridine rings is 1. The van der Waals surface area contributed by atoms with Crippen molar-refractivity contribution >= 4 is 28.3 Å². The zero-order valence-electron chi connectivity index (χ0n) is 16.6. The van der Waals surface area contributed by atoms with Crippen LogP contribution < -0.4 is 15.6 Å². The van der Waals surface area contributed by atoms with Crippen molar-refractivity contribution in [2.45, 2.75) is 6.92 Å². The number of carbonyl (C=O) groups excluding carboxylic acids is 1. The minimum atomic E-state index is -0.841. The Bertz CT molecular complexity index is 1350. The Balaban J connectivity index is 1.65. The van der Waals surface area contributed by atoms with Gasteiger partial charge in [-0.05, 0) is 31.2 Å². The molecule has 0 aliphatic rings. The lowest BCUT2D eigenvalue weighted by atomic mass is 10.2. The van der Waals surface area contributed by atoms with Crippen molar-refractivity contribution in [2.24, 2.45) is 0 Å². The van der Waals surface area contributed by atoms with Crippen LogP contribution in [-0.4, -0.2) is 25.8 Å². The van der Waals surface area contributed by atoms with Crippen LogP contribution in [0.1, 0.15) is 16.1 Å². The first-order valence-electron chi connectivity index (χ1n) is 9.28. The van der Waals surface area contributed by atoms with Gasteiger partial charge in [-0.25, -0.2) is 14.4 Å². The number of hydrazine groups is 1. The van der Waals surface area contributed by atoms with Gasteiger partial charge in [0.25, 0.3) is 5.91 Å². The van der Waals surface area contributed by atoms with E-state index in [1.165, 1.54) is 18.2 Å². The Morgan fingerprint density at radius 2 is 1.91 bits per heavy atom. The molecule has 160 valence electrons. The van der Waals surface area contributed by atoms with Crippen molar-refractivity contribution in [1.29, 1.82) is 0 Å². The fourth-order valence-corrected chi connectivity index (χ4v) is 2.93.